The van der Waals surface area contributed by atoms with Crippen LogP contribution in [0.2, 0.25) is 0 Å². The second kappa shape index (κ2) is 7.33. The van der Waals surface area contributed by atoms with Crippen LogP contribution in [-0.4, -0.2) is 27.3 Å². The Hall–Kier alpha value is -0.490. The predicted molar refractivity (Wildman–Crippen MR) is 87.2 cm³/mol. The number of hydrogen-bond donors (Lipinski definition) is 1. The summed E-state index contributed by atoms with van der Waals surface area (Å²) in [5.74, 6) is 0. The van der Waals surface area contributed by atoms with Crippen LogP contribution in [0.5, 0.6) is 0 Å². The van der Waals surface area contributed by atoms with Crippen LogP contribution in [0.3, 0.4) is 0 Å². The fourth-order valence-electron chi connectivity index (χ4n) is 1.44. The van der Waals surface area contributed by atoms with Gasteiger partial charge in [0.1, 0.15) is 4.47 Å². The summed E-state index contributed by atoms with van der Waals surface area (Å²) in [7, 11) is 0. The largest absolute Gasteiger partial charge is 0.381 e. The first-order valence-corrected chi connectivity index (χ1v) is 8.47. The maximum absolute atomic E-state index is 12.1. The molecule has 0 aliphatic rings. The molecule has 0 unspecified atom stereocenters. The molecule has 0 aromatic carbocycles. The van der Waals surface area contributed by atoms with Gasteiger partial charge in [-0.15, -0.1) is 0 Å². The van der Waals surface area contributed by atoms with E-state index in [2.05, 4.69) is 53.4 Å². The van der Waals surface area contributed by atoms with E-state index in [-0.39, 0.29) is 10.3 Å². The van der Waals surface area contributed by atoms with E-state index in [4.69, 9.17) is 0 Å². The van der Waals surface area contributed by atoms with E-state index >= 15 is 0 Å². The van der Waals surface area contributed by atoms with Crippen molar-refractivity contribution in [1.29, 1.82) is 0 Å². The Bertz CT molecular complexity index is 473. The molecule has 0 radical (unpaired) electrons. The number of halogens is 1. The summed E-state index contributed by atoms with van der Waals surface area (Å²) in [5, 5.41) is 7.49. The van der Waals surface area contributed by atoms with Gasteiger partial charge < -0.3 is 5.32 Å². The highest BCUT2D eigenvalue weighted by molar-refractivity contribution is 9.10. The SMILES string of the molecule is CCCCn1ncc(NCC(C)(C)SC)c(Br)c1=O. The van der Waals surface area contributed by atoms with E-state index in [1.807, 2.05) is 0 Å². The van der Waals surface area contributed by atoms with E-state index in [0.29, 0.717) is 11.0 Å². The van der Waals surface area contributed by atoms with Crippen LogP contribution < -0.4 is 10.9 Å². The Morgan fingerprint density at radius 1 is 1.53 bits per heavy atom. The Balaban J connectivity index is 2.82. The maximum atomic E-state index is 12.1. The Kier molecular flexibility index (Phi) is 6.39. The van der Waals surface area contributed by atoms with E-state index < -0.39 is 0 Å². The summed E-state index contributed by atoms with van der Waals surface area (Å²) >= 11 is 5.16. The quantitative estimate of drug-likeness (QED) is 0.821. The molecule has 1 heterocycles. The molecule has 4 nitrogen and oxygen atoms in total. The fraction of sp³-hybridized carbons (Fsp3) is 0.692. The van der Waals surface area contributed by atoms with Gasteiger partial charge in [-0.05, 0) is 42.5 Å². The van der Waals surface area contributed by atoms with E-state index in [0.717, 1.165) is 25.1 Å². The van der Waals surface area contributed by atoms with Crippen molar-refractivity contribution in [3.63, 3.8) is 0 Å². The van der Waals surface area contributed by atoms with E-state index in [1.165, 1.54) is 4.68 Å². The van der Waals surface area contributed by atoms with Crippen LogP contribution in [0.25, 0.3) is 0 Å². The fourth-order valence-corrected chi connectivity index (χ4v) is 2.10. The zero-order chi connectivity index (χ0) is 14.5. The summed E-state index contributed by atoms with van der Waals surface area (Å²) in [4.78, 5) is 12.1. The molecule has 1 aromatic rings. The van der Waals surface area contributed by atoms with Crippen LogP contribution in [0.1, 0.15) is 33.6 Å². The molecule has 0 bridgehead atoms. The lowest BCUT2D eigenvalue weighted by Crippen LogP contribution is -2.29. The number of nitrogens with zero attached hydrogens (tertiary/aromatic N) is 2. The number of rotatable bonds is 7. The highest BCUT2D eigenvalue weighted by Crippen LogP contribution is 2.23. The highest BCUT2D eigenvalue weighted by atomic mass is 79.9. The summed E-state index contributed by atoms with van der Waals surface area (Å²) in [6, 6.07) is 0. The van der Waals surface area contributed by atoms with Crippen molar-refractivity contribution in [3.8, 4) is 0 Å². The topological polar surface area (TPSA) is 46.9 Å². The third-order valence-electron chi connectivity index (χ3n) is 2.97. The normalized spacial score (nSPS) is 11.6. The van der Waals surface area contributed by atoms with E-state index in [1.54, 1.807) is 18.0 Å². The smallest absolute Gasteiger partial charge is 0.283 e. The molecule has 0 aliphatic carbocycles. The van der Waals surface area contributed by atoms with Crippen molar-refractivity contribution in [2.75, 3.05) is 18.1 Å². The minimum atomic E-state index is -0.0691. The second-order valence-electron chi connectivity index (χ2n) is 5.07. The van der Waals surface area contributed by atoms with Crippen molar-refractivity contribution in [3.05, 3.63) is 21.0 Å². The summed E-state index contributed by atoms with van der Waals surface area (Å²) in [6.45, 7) is 7.88. The molecule has 6 heteroatoms. The molecule has 0 spiro atoms. The van der Waals surface area contributed by atoms with Gasteiger partial charge in [-0.25, -0.2) is 4.68 Å². The average molecular weight is 348 g/mol. The van der Waals surface area contributed by atoms with Gasteiger partial charge in [0.05, 0.1) is 11.9 Å². The number of unbranched alkanes of at least 4 members (excludes halogenated alkanes) is 1. The third-order valence-corrected chi connectivity index (χ3v) is 4.98. The van der Waals surface area contributed by atoms with Crippen LogP contribution >= 0.6 is 27.7 Å². The van der Waals surface area contributed by atoms with Crippen molar-refractivity contribution < 1.29 is 0 Å². The van der Waals surface area contributed by atoms with E-state index in [9.17, 15) is 4.79 Å². The summed E-state index contributed by atoms with van der Waals surface area (Å²) in [6.07, 6.45) is 5.81. The average Bonchev–Trinajstić information content (AvgIpc) is 2.39. The van der Waals surface area contributed by atoms with Crippen LogP contribution in [0.4, 0.5) is 5.69 Å². The number of anilines is 1. The van der Waals surface area contributed by atoms with Gasteiger partial charge in [0.2, 0.25) is 0 Å². The Labute approximate surface area is 127 Å². The first kappa shape index (κ1) is 16.6. The number of aryl methyl sites for hydroxylation is 1. The van der Waals surface area contributed by atoms with Gasteiger partial charge in [-0.2, -0.15) is 16.9 Å². The van der Waals surface area contributed by atoms with Crippen molar-refractivity contribution in [1.82, 2.24) is 9.78 Å². The monoisotopic (exact) mass is 347 g/mol. The first-order chi connectivity index (χ1) is 8.91. The number of nitrogens with one attached hydrogen (secondary N) is 1. The molecule has 0 saturated carbocycles. The Morgan fingerprint density at radius 3 is 2.79 bits per heavy atom. The van der Waals surface area contributed by atoms with Crippen molar-refractivity contribution in [2.24, 2.45) is 0 Å². The molecule has 1 N–H and O–H groups in total. The second-order valence-corrected chi connectivity index (χ2v) is 7.38. The van der Waals surface area contributed by atoms with Crippen LogP contribution in [0, 0.1) is 0 Å². The molecule has 1 rings (SSSR count). The molecule has 0 saturated heterocycles. The minimum Gasteiger partial charge on any atom is -0.381 e. The molecule has 0 fully saturated rings. The van der Waals surface area contributed by atoms with Gasteiger partial charge >= 0.3 is 0 Å². The van der Waals surface area contributed by atoms with Gasteiger partial charge in [0.15, 0.2) is 0 Å². The van der Waals surface area contributed by atoms with Gasteiger partial charge in [-0.3, -0.25) is 4.79 Å². The lowest BCUT2D eigenvalue weighted by molar-refractivity contribution is 0.541. The van der Waals surface area contributed by atoms with Gasteiger partial charge in [-0.1, -0.05) is 13.3 Å². The number of aromatic nitrogens is 2. The number of hydrogen-bond acceptors (Lipinski definition) is 4. The molecule has 0 aliphatic heterocycles. The molecule has 0 amide bonds. The van der Waals surface area contributed by atoms with Crippen LogP contribution in [0.15, 0.2) is 15.5 Å². The lowest BCUT2D eigenvalue weighted by atomic mass is 10.2. The molecule has 19 heavy (non-hydrogen) atoms. The zero-order valence-corrected chi connectivity index (χ0v) is 14.4. The standard InChI is InChI=1S/C13H22BrN3OS/c1-5-6-7-17-12(18)11(14)10(8-16-17)15-9-13(2,3)19-4/h8,15H,5-7,9H2,1-4H3. The first-order valence-electron chi connectivity index (χ1n) is 6.46. The third kappa shape index (κ3) is 4.84. The van der Waals surface area contributed by atoms with Gasteiger partial charge in [0, 0.05) is 17.8 Å². The summed E-state index contributed by atoms with van der Waals surface area (Å²) in [5.41, 5.74) is 0.695. The minimum absolute atomic E-state index is 0.0691. The zero-order valence-electron chi connectivity index (χ0n) is 12.0. The molecule has 0 atom stereocenters. The lowest BCUT2D eigenvalue weighted by Gasteiger charge is -2.23. The Morgan fingerprint density at radius 2 is 2.21 bits per heavy atom. The molecule has 1 aromatic heterocycles. The maximum Gasteiger partial charge on any atom is 0.283 e. The van der Waals surface area contributed by atoms with Crippen molar-refractivity contribution >= 4 is 33.4 Å². The predicted octanol–water partition coefficient (Wildman–Crippen LogP) is 3.36. The van der Waals surface area contributed by atoms with Crippen LogP contribution in [-0.2, 0) is 6.54 Å². The summed E-state index contributed by atoms with van der Waals surface area (Å²) < 4.78 is 2.20. The molecular formula is C13H22BrN3OS. The molecule has 108 valence electrons. The highest BCUT2D eigenvalue weighted by Gasteiger charge is 2.17. The van der Waals surface area contributed by atoms with Gasteiger partial charge in [0.25, 0.3) is 5.56 Å². The van der Waals surface area contributed by atoms with Crippen molar-refractivity contribution in [2.45, 2.75) is 44.9 Å². The molecular weight excluding hydrogens is 326 g/mol. The number of thioether (sulfide) groups is 1.